The molecule has 0 unspecified atom stereocenters. The lowest BCUT2D eigenvalue weighted by Gasteiger charge is -2.12. The van der Waals surface area contributed by atoms with E-state index >= 15 is 0 Å². The van der Waals surface area contributed by atoms with Gasteiger partial charge in [0, 0.05) is 37.0 Å². The monoisotopic (exact) mass is 383 g/mol. The summed E-state index contributed by atoms with van der Waals surface area (Å²) < 4.78 is 5.26. The van der Waals surface area contributed by atoms with Gasteiger partial charge >= 0.3 is 0 Å². The van der Waals surface area contributed by atoms with Crippen LogP contribution in [0, 0.1) is 0 Å². The number of hydrogen-bond donors (Lipinski definition) is 1. The smallest absolute Gasteiger partial charge is 0.252 e. The van der Waals surface area contributed by atoms with Crippen LogP contribution in [0.15, 0.2) is 79.1 Å². The van der Waals surface area contributed by atoms with Gasteiger partial charge in [-0.05, 0) is 35.4 Å². The van der Waals surface area contributed by atoms with Crippen LogP contribution in [0.5, 0.6) is 0 Å². The van der Waals surface area contributed by atoms with E-state index in [4.69, 9.17) is 9.72 Å². The van der Waals surface area contributed by atoms with Gasteiger partial charge in [-0.15, -0.1) is 0 Å². The molecular weight excluding hydrogens is 362 g/mol. The van der Waals surface area contributed by atoms with Crippen LogP contribution in [0.3, 0.4) is 0 Å². The van der Waals surface area contributed by atoms with Crippen molar-refractivity contribution in [3.63, 3.8) is 0 Å². The average Bonchev–Trinajstić information content (AvgIpc) is 2.78. The molecule has 5 heteroatoms. The molecule has 0 radical (unpaired) electrons. The fourth-order valence-electron chi connectivity index (χ4n) is 3.33. The lowest BCUT2D eigenvalue weighted by molar-refractivity contribution is 0.0952. The van der Waals surface area contributed by atoms with Crippen LogP contribution < -0.4 is 5.32 Å². The first-order valence-corrected chi connectivity index (χ1v) is 9.40. The molecule has 0 atom stereocenters. The van der Waals surface area contributed by atoms with Gasteiger partial charge in [0.15, 0.2) is 0 Å². The van der Waals surface area contributed by atoms with Crippen LogP contribution in [0.1, 0.15) is 21.5 Å². The summed E-state index contributed by atoms with van der Waals surface area (Å²) in [6.07, 6.45) is 3.44. The number of pyridine rings is 2. The zero-order valence-corrected chi connectivity index (χ0v) is 16.1. The zero-order valence-electron chi connectivity index (χ0n) is 16.1. The maximum atomic E-state index is 13.1. The van der Waals surface area contributed by atoms with Crippen LogP contribution in [0.2, 0.25) is 0 Å². The van der Waals surface area contributed by atoms with Gasteiger partial charge in [-0.1, -0.05) is 42.5 Å². The number of amides is 1. The van der Waals surface area contributed by atoms with Crippen molar-refractivity contribution in [1.82, 2.24) is 15.3 Å². The van der Waals surface area contributed by atoms with E-state index in [0.29, 0.717) is 18.7 Å². The molecule has 0 saturated carbocycles. The molecule has 5 nitrogen and oxygen atoms in total. The topological polar surface area (TPSA) is 64.1 Å². The number of methoxy groups -OCH3 is 1. The number of hydrogen-bond acceptors (Lipinski definition) is 4. The summed E-state index contributed by atoms with van der Waals surface area (Å²) >= 11 is 0. The van der Waals surface area contributed by atoms with E-state index in [1.165, 1.54) is 0 Å². The molecule has 0 aliphatic heterocycles. The molecule has 4 aromatic rings. The van der Waals surface area contributed by atoms with Gasteiger partial charge in [0.25, 0.3) is 5.91 Å². The number of benzene rings is 2. The second-order valence-electron chi connectivity index (χ2n) is 6.69. The first-order chi connectivity index (χ1) is 14.3. The van der Waals surface area contributed by atoms with E-state index < -0.39 is 0 Å². The molecule has 2 heterocycles. The molecule has 4 rings (SSSR count). The summed E-state index contributed by atoms with van der Waals surface area (Å²) in [5, 5.41) is 3.88. The SMILES string of the molecule is COCc1ccccc1CNC(=O)c1cc(-c2ccncc2)nc2ccccc12. The molecule has 144 valence electrons. The number of nitrogens with zero attached hydrogens (tertiary/aromatic N) is 2. The first-order valence-electron chi connectivity index (χ1n) is 9.40. The van der Waals surface area contributed by atoms with Crippen LogP contribution >= 0.6 is 0 Å². The Hall–Kier alpha value is -3.57. The Morgan fingerprint density at radius 3 is 2.48 bits per heavy atom. The van der Waals surface area contributed by atoms with Gasteiger partial charge in [-0.2, -0.15) is 0 Å². The molecule has 0 aliphatic rings. The summed E-state index contributed by atoms with van der Waals surface area (Å²) in [6, 6.07) is 21.2. The minimum Gasteiger partial charge on any atom is -0.380 e. The third-order valence-electron chi connectivity index (χ3n) is 4.79. The Kier molecular flexibility index (Phi) is 5.59. The van der Waals surface area contributed by atoms with Crippen molar-refractivity contribution in [3.8, 4) is 11.3 Å². The van der Waals surface area contributed by atoms with E-state index in [1.807, 2.05) is 66.7 Å². The van der Waals surface area contributed by atoms with Crippen LogP contribution in [-0.2, 0) is 17.9 Å². The highest BCUT2D eigenvalue weighted by molar-refractivity contribution is 6.07. The number of para-hydroxylation sites is 1. The van der Waals surface area contributed by atoms with E-state index in [-0.39, 0.29) is 5.91 Å². The molecule has 0 fully saturated rings. The number of carbonyl (C=O) groups is 1. The fourth-order valence-corrected chi connectivity index (χ4v) is 3.33. The normalized spacial score (nSPS) is 10.8. The standard InChI is InChI=1S/C24H21N3O2/c1-29-16-19-7-3-2-6-18(19)15-26-24(28)21-14-23(17-10-12-25-13-11-17)27-22-9-5-4-8-20(21)22/h2-14H,15-16H2,1H3,(H,26,28). The van der Waals surface area contributed by atoms with Gasteiger partial charge in [-0.3, -0.25) is 9.78 Å². The van der Waals surface area contributed by atoms with Crippen molar-refractivity contribution >= 4 is 16.8 Å². The van der Waals surface area contributed by atoms with Crippen LogP contribution in [0.4, 0.5) is 0 Å². The van der Waals surface area contributed by atoms with Gasteiger partial charge in [-0.25, -0.2) is 4.98 Å². The summed E-state index contributed by atoms with van der Waals surface area (Å²) in [7, 11) is 1.67. The van der Waals surface area contributed by atoms with E-state index in [0.717, 1.165) is 33.3 Å². The van der Waals surface area contributed by atoms with Crippen molar-refractivity contribution in [3.05, 3.63) is 95.8 Å². The zero-order chi connectivity index (χ0) is 20.1. The number of carbonyl (C=O) groups excluding carboxylic acids is 1. The number of rotatable bonds is 6. The highest BCUT2D eigenvalue weighted by atomic mass is 16.5. The Balaban J connectivity index is 1.67. The Labute approximate surface area is 169 Å². The average molecular weight is 383 g/mol. The minimum absolute atomic E-state index is 0.133. The van der Waals surface area contributed by atoms with Crippen molar-refractivity contribution in [2.75, 3.05) is 7.11 Å². The molecule has 0 saturated heterocycles. The lowest BCUT2D eigenvalue weighted by atomic mass is 10.0. The summed E-state index contributed by atoms with van der Waals surface area (Å²) in [5.74, 6) is -0.133. The predicted octanol–water partition coefficient (Wildman–Crippen LogP) is 4.37. The van der Waals surface area contributed by atoms with Crippen molar-refractivity contribution < 1.29 is 9.53 Å². The second kappa shape index (κ2) is 8.63. The summed E-state index contributed by atoms with van der Waals surface area (Å²) in [5.41, 5.74) is 5.16. The highest BCUT2D eigenvalue weighted by Gasteiger charge is 2.14. The van der Waals surface area contributed by atoms with Crippen LogP contribution in [0.25, 0.3) is 22.2 Å². The molecule has 1 amide bonds. The minimum atomic E-state index is -0.133. The van der Waals surface area contributed by atoms with Crippen molar-refractivity contribution in [2.24, 2.45) is 0 Å². The molecule has 29 heavy (non-hydrogen) atoms. The van der Waals surface area contributed by atoms with Gasteiger partial charge in [0.2, 0.25) is 0 Å². The third kappa shape index (κ3) is 4.15. The maximum Gasteiger partial charge on any atom is 0.252 e. The van der Waals surface area contributed by atoms with Crippen LogP contribution in [-0.4, -0.2) is 23.0 Å². The van der Waals surface area contributed by atoms with E-state index in [2.05, 4.69) is 10.3 Å². The van der Waals surface area contributed by atoms with Gasteiger partial charge < -0.3 is 10.1 Å². The number of fused-ring (bicyclic) bond motifs is 1. The van der Waals surface area contributed by atoms with Crippen molar-refractivity contribution in [2.45, 2.75) is 13.2 Å². The molecular formula is C24H21N3O2. The Morgan fingerprint density at radius 1 is 0.966 bits per heavy atom. The molecule has 2 aromatic heterocycles. The Bertz CT molecular complexity index is 1140. The number of aromatic nitrogens is 2. The molecule has 0 spiro atoms. The highest BCUT2D eigenvalue weighted by Crippen LogP contribution is 2.24. The maximum absolute atomic E-state index is 13.1. The van der Waals surface area contributed by atoms with E-state index in [1.54, 1.807) is 19.5 Å². The second-order valence-corrected chi connectivity index (χ2v) is 6.69. The van der Waals surface area contributed by atoms with Gasteiger partial charge in [0.05, 0.1) is 23.4 Å². The predicted molar refractivity (Wildman–Crippen MR) is 113 cm³/mol. The fraction of sp³-hybridized carbons (Fsp3) is 0.125. The van der Waals surface area contributed by atoms with Gasteiger partial charge in [0.1, 0.15) is 0 Å². The lowest BCUT2D eigenvalue weighted by Crippen LogP contribution is -2.24. The molecule has 0 bridgehead atoms. The number of nitrogens with one attached hydrogen (secondary N) is 1. The van der Waals surface area contributed by atoms with Crippen molar-refractivity contribution in [1.29, 1.82) is 0 Å². The van der Waals surface area contributed by atoms with E-state index in [9.17, 15) is 4.79 Å². The number of ether oxygens (including phenoxy) is 1. The quantitative estimate of drug-likeness (QED) is 0.537. The molecule has 1 N–H and O–H groups in total. The Morgan fingerprint density at radius 2 is 1.69 bits per heavy atom. The first kappa shape index (κ1) is 18.8. The third-order valence-corrected chi connectivity index (χ3v) is 4.79. The largest absolute Gasteiger partial charge is 0.380 e. The summed E-state index contributed by atoms with van der Waals surface area (Å²) in [6.45, 7) is 0.941. The summed E-state index contributed by atoms with van der Waals surface area (Å²) in [4.78, 5) is 21.9. The molecule has 2 aromatic carbocycles. The molecule has 0 aliphatic carbocycles.